The Kier molecular flexibility index (Phi) is 5.38. The molecular formula is C16H20N2O2. The molecule has 0 amide bonds. The van der Waals surface area contributed by atoms with Gasteiger partial charge >= 0.3 is 0 Å². The Labute approximate surface area is 119 Å². The highest BCUT2D eigenvalue weighted by molar-refractivity contribution is 5.43. The van der Waals surface area contributed by atoms with E-state index in [0.29, 0.717) is 13.2 Å². The molecule has 0 saturated carbocycles. The second-order valence-corrected chi connectivity index (χ2v) is 4.48. The molecule has 0 aliphatic carbocycles. The molecule has 0 saturated heterocycles. The molecule has 0 fully saturated rings. The van der Waals surface area contributed by atoms with Gasteiger partial charge in [0.15, 0.2) is 11.5 Å². The molecule has 0 aliphatic rings. The summed E-state index contributed by atoms with van der Waals surface area (Å²) >= 11 is 0. The average Bonchev–Trinajstić information content (AvgIpc) is 2.49. The second kappa shape index (κ2) is 7.50. The lowest BCUT2D eigenvalue weighted by atomic mass is 10.1. The lowest BCUT2D eigenvalue weighted by molar-refractivity contribution is 0.297. The number of hydrogen-bond donors (Lipinski definition) is 1. The molecule has 1 aromatic carbocycles. The minimum absolute atomic E-state index is 0.604. The maximum atomic E-state index is 5.83. The quantitative estimate of drug-likeness (QED) is 0.839. The van der Waals surface area contributed by atoms with Crippen molar-refractivity contribution in [3.63, 3.8) is 0 Å². The summed E-state index contributed by atoms with van der Waals surface area (Å²) in [5.41, 5.74) is 7.94. The largest absolute Gasteiger partial charge is 0.493 e. The molecule has 20 heavy (non-hydrogen) atoms. The summed E-state index contributed by atoms with van der Waals surface area (Å²) in [5.74, 6) is 1.52. The van der Waals surface area contributed by atoms with E-state index >= 15 is 0 Å². The Hall–Kier alpha value is -2.07. The number of hydrogen-bond acceptors (Lipinski definition) is 4. The summed E-state index contributed by atoms with van der Waals surface area (Å²) in [6.07, 6.45) is 5.26. The van der Waals surface area contributed by atoms with Gasteiger partial charge in [0, 0.05) is 18.8 Å². The van der Waals surface area contributed by atoms with Crippen LogP contribution in [0.5, 0.6) is 11.5 Å². The third-order valence-electron chi connectivity index (χ3n) is 3.06. The average molecular weight is 272 g/mol. The van der Waals surface area contributed by atoms with E-state index in [0.717, 1.165) is 29.9 Å². The Morgan fingerprint density at radius 1 is 1.00 bits per heavy atom. The smallest absolute Gasteiger partial charge is 0.161 e. The summed E-state index contributed by atoms with van der Waals surface area (Å²) in [4.78, 5) is 4.00. The highest BCUT2D eigenvalue weighted by atomic mass is 16.5. The van der Waals surface area contributed by atoms with Crippen LogP contribution < -0.4 is 15.2 Å². The van der Waals surface area contributed by atoms with Crippen molar-refractivity contribution >= 4 is 0 Å². The first-order valence-electron chi connectivity index (χ1n) is 6.72. The molecule has 2 N–H and O–H groups in total. The van der Waals surface area contributed by atoms with Gasteiger partial charge in [-0.1, -0.05) is 6.07 Å². The standard InChI is InChI=1S/C16H20N2O2/c1-19-15-3-2-14(4-8-17)12-16(15)20-11-7-13-5-9-18-10-6-13/h2-3,5-6,9-10,12H,4,7-8,11,17H2,1H3. The lowest BCUT2D eigenvalue weighted by Crippen LogP contribution is -2.05. The van der Waals surface area contributed by atoms with E-state index in [1.165, 1.54) is 5.56 Å². The number of nitrogens with zero attached hydrogens (tertiary/aromatic N) is 1. The number of nitrogens with two attached hydrogens (primary N) is 1. The molecule has 2 aromatic rings. The number of pyridine rings is 1. The van der Waals surface area contributed by atoms with Gasteiger partial charge in [0.05, 0.1) is 13.7 Å². The van der Waals surface area contributed by atoms with Gasteiger partial charge in [0.1, 0.15) is 0 Å². The fraction of sp³-hybridized carbons (Fsp3) is 0.312. The van der Waals surface area contributed by atoms with Crippen LogP contribution in [0.15, 0.2) is 42.7 Å². The van der Waals surface area contributed by atoms with Crippen LogP contribution in [0, 0.1) is 0 Å². The zero-order valence-electron chi connectivity index (χ0n) is 11.7. The first-order chi connectivity index (χ1) is 9.83. The van der Waals surface area contributed by atoms with E-state index in [1.807, 2.05) is 30.3 Å². The van der Waals surface area contributed by atoms with E-state index in [9.17, 15) is 0 Å². The molecule has 4 heteroatoms. The van der Waals surface area contributed by atoms with Crippen molar-refractivity contribution in [1.29, 1.82) is 0 Å². The van der Waals surface area contributed by atoms with Gasteiger partial charge < -0.3 is 15.2 Å². The molecule has 2 rings (SSSR count). The fourth-order valence-corrected chi connectivity index (χ4v) is 1.98. The van der Waals surface area contributed by atoms with Crippen molar-refractivity contribution in [3.05, 3.63) is 53.9 Å². The zero-order valence-corrected chi connectivity index (χ0v) is 11.7. The molecule has 0 aliphatic heterocycles. The molecular weight excluding hydrogens is 252 g/mol. The van der Waals surface area contributed by atoms with E-state index in [-0.39, 0.29) is 0 Å². The van der Waals surface area contributed by atoms with Crippen molar-refractivity contribution in [2.24, 2.45) is 5.73 Å². The van der Waals surface area contributed by atoms with Gasteiger partial charge in [-0.3, -0.25) is 4.98 Å². The van der Waals surface area contributed by atoms with Crippen molar-refractivity contribution < 1.29 is 9.47 Å². The summed E-state index contributed by atoms with van der Waals surface area (Å²) in [5, 5.41) is 0. The van der Waals surface area contributed by atoms with Crippen LogP contribution in [0.1, 0.15) is 11.1 Å². The Bertz CT molecular complexity index is 529. The molecule has 0 radical (unpaired) electrons. The van der Waals surface area contributed by atoms with E-state index in [1.54, 1.807) is 19.5 Å². The molecule has 0 unspecified atom stereocenters. The third kappa shape index (κ3) is 3.96. The number of methoxy groups -OCH3 is 1. The Morgan fingerprint density at radius 3 is 2.50 bits per heavy atom. The van der Waals surface area contributed by atoms with E-state index in [4.69, 9.17) is 15.2 Å². The van der Waals surface area contributed by atoms with Gasteiger partial charge in [-0.25, -0.2) is 0 Å². The van der Waals surface area contributed by atoms with Crippen LogP contribution in [0.3, 0.4) is 0 Å². The minimum Gasteiger partial charge on any atom is -0.493 e. The Balaban J connectivity index is 1.98. The number of ether oxygens (including phenoxy) is 2. The molecule has 0 atom stereocenters. The molecule has 1 aromatic heterocycles. The van der Waals surface area contributed by atoms with E-state index < -0.39 is 0 Å². The van der Waals surface area contributed by atoms with Crippen LogP contribution in [0.25, 0.3) is 0 Å². The van der Waals surface area contributed by atoms with Crippen LogP contribution >= 0.6 is 0 Å². The summed E-state index contributed by atoms with van der Waals surface area (Å²) in [7, 11) is 1.65. The summed E-state index contributed by atoms with van der Waals surface area (Å²) < 4.78 is 11.1. The minimum atomic E-state index is 0.604. The topological polar surface area (TPSA) is 57.4 Å². The summed E-state index contributed by atoms with van der Waals surface area (Å²) in [6.45, 7) is 1.23. The Morgan fingerprint density at radius 2 is 1.80 bits per heavy atom. The van der Waals surface area contributed by atoms with Crippen LogP contribution in [-0.4, -0.2) is 25.2 Å². The first kappa shape index (κ1) is 14.3. The number of benzene rings is 1. The van der Waals surface area contributed by atoms with E-state index in [2.05, 4.69) is 4.98 Å². The number of rotatable bonds is 7. The van der Waals surface area contributed by atoms with Crippen LogP contribution in [-0.2, 0) is 12.8 Å². The van der Waals surface area contributed by atoms with Gasteiger partial charge in [-0.15, -0.1) is 0 Å². The second-order valence-electron chi connectivity index (χ2n) is 4.48. The monoisotopic (exact) mass is 272 g/mol. The molecule has 106 valence electrons. The predicted molar refractivity (Wildman–Crippen MR) is 79.2 cm³/mol. The SMILES string of the molecule is COc1ccc(CCN)cc1OCCc1ccncc1. The van der Waals surface area contributed by atoms with Crippen molar-refractivity contribution in [2.45, 2.75) is 12.8 Å². The first-order valence-corrected chi connectivity index (χ1v) is 6.72. The fourth-order valence-electron chi connectivity index (χ4n) is 1.98. The van der Waals surface area contributed by atoms with Gasteiger partial charge in [-0.05, 0) is 48.4 Å². The maximum Gasteiger partial charge on any atom is 0.161 e. The molecule has 1 heterocycles. The molecule has 0 bridgehead atoms. The number of aromatic nitrogens is 1. The highest BCUT2D eigenvalue weighted by Gasteiger charge is 2.05. The van der Waals surface area contributed by atoms with Gasteiger partial charge in [0.25, 0.3) is 0 Å². The predicted octanol–water partition coefficient (Wildman–Crippen LogP) is 2.21. The van der Waals surface area contributed by atoms with Crippen LogP contribution in [0.2, 0.25) is 0 Å². The molecule has 4 nitrogen and oxygen atoms in total. The maximum absolute atomic E-state index is 5.83. The van der Waals surface area contributed by atoms with Crippen LogP contribution in [0.4, 0.5) is 0 Å². The molecule has 0 spiro atoms. The van der Waals surface area contributed by atoms with Crippen molar-refractivity contribution in [2.75, 3.05) is 20.3 Å². The van der Waals surface area contributed by atoms with Crippen molar-refractivity contribution in [1.82, 2.24) is 4.98 Å². The summed E-state index contributed by atoms with van der Waals surface area (Å²) in [6, 6.07) is 9.92. The van der Waals surface area contributed by atoms with Crippen molar-refractivity contribution in [3.8, 4) is 11.5 Å². The lowest BCUT2D eigenvalue weighted by Gasteiger charge is -2.12. The third-order valence-corrected chi connectivity index (χ3v) is 3.06. The normalized spacial score (nSPS) is 10.3. The highest BCUT2D eigenvalue weighted by Crippen LogP contribution is 2.28. The van der Waals surface area contributed by atoms with Gasteiger partial charge in [-0.2, -0.15) is 0 Å². The zero-order chi connectivity index (χ0) is 14.2. The van der Waals surface area contributed by atoms with Gasteiger partial charge in [0.2, 0.25) is 0 Å².